The van der Waals surface area contributed by atoms with Crippen LogP contribution < -0.4 is 17.0 Å². The maximum absolute atomic E-state index is 12.5. The van der Waals surface area contributed by atoms with Crippen molar-refractivity contribution in [3.05, 3.63) is 12.7 Å². The molecule has 39 heavy (non-hydrogen) atoms. The largest absolute Gasteiger partial charge is 1.00 e. The minimum Gasteiger partial charge on any atom is -1.00 e. The standard InChI is InChI=1S/C32H53N2O4.BrH/c1-5-14-34(15-6-7-16-34)28-20-26-24-9-8-23-19-29(36)27(33-12-17-37-18-13-33)21-32(23,4)25(24)10-11-31(26,3)30(28)38-22(2)35;/h5,23-30,36H,1,6-21H2,2-4H3;1H/q+1;/p-1/t23-,24-,25+,26?,27-,28-,29-,30-,31-,32-;/m0./s1. The van der Waals surface area contributed by atoms with Gasteiger partial charge in [-0.1, -0.05) is 20.4 Å². The molecule has 0 amide bonds. The highest BCUT2D eigenvalue weighted by Gasteiger charge is 2.67. The van der Waals surface area contributed by atoms with Crippen LogP contribution in [0.2, 0.25) is 0 Å². The number of esters is 1. The number of rotatable bonds is 5. The van der Waals surface area contributed by atoms with Crippen LogP contribution in [0, 0.1) is 34.5 Å². The molecule has 0 aromatic rings. The summed E-state index contributed by atoms with van der Waals surface area (Å²) in [5.41, 5.74) is 0.343. The van der Waals surface area contributed by atoms with Gasteiger partial charge >= 0.3 is 5.97 Å². The van der Waals surface area contributed by atoms with E-state index in [0.29, 0.717) is 29.7 Å². The third-order valence-electron chi connectivity index (χ3n) is 13.1. The topological polar surface area (TPSA) is 59.0 Å². The van der Waals surface area contributed by atoms with Crippen LogP contribution in [-0.4, -0.2) is 90.7 Å². The average molecular weight is 610 g/mol. The second-order valence-corrected chi connectivity index (χ2v) is 14.6. The summed E-state index contributed by atoms with van der Waals surface area (Å²) in [5.74, 6) is 2.54. The molecule has 6 fully saturated rings. The molecule has 1 N–H and O–H groups in total. The summed E-state index contributed by atoms with van der Waals surface area (Å²) >= 11 is 0. The Morgan fingerprint density at radius 2 is 1.82 bits per heavy atom. The average Bonchev–Trinajstić information content (AvgIpc) is 3.48. The summed E-state index contributed by atoms with van der Waals surface area (Å²) in [5, 5.41) is 11.3. The first-order valence-corrected chi connectivity index (χ1v) is 15.9. The van der Waals surface area contributed by atoms with E-state index in [4.69, 9.17) is 9.47 Å². The molecule has 0 spiro atoms. The Bertz CT molecular complexity index is 905. The molecule has 1 unspecified atom stereocenters. The van der Waals surface area contributed by atoms with Crippen LogP contribution in [0.5, 0.6) is 0 Å². The predicted molar refractivity (Wildman–Crippen MR) is 148 cm³/mol. The van der Waals surface area contributed by atoms with Crippen LogP contribution in [0.1, 0.15) is 78.6 Å². The van der Waals surface area contributed by atoms with E-state index in [1.165, 1.54) is 51.6 Å². The van der Waals surface area contributed by atoms with E-state index in [2.05, 4.69) is 31.4 Å². The first-order valence-electron chi connectivity index (χ1n) is 15.9. The molecule has 0 bridgehead atoms. The van der Waals surface area contributed by atoms with E-state index in [9.17, 15) is 9.90 Å². The lowest BCUT2D eigenvalue weighted by Crippen LogP contribution is -3.00. The maximum atomic E-state index is 12.5. The molecule has 0 radical (unpaired) electrons. The number of quaternary nitrogens is 1. The van der Waals surface area contributed by atoms with Gasteiger partial charge in [0.1, 0.15) is 6.04 Å². The molecule has 6 nitrogen and oxygen atoms in total. The zero-order valence-electron chi connectivity index (χ0n) is 24.7. The second-order valence-electron chi connectivity index (χ2n) is 14.6. The van der Waals surface area contributed by atoms with Crippen molar-refractivity contribution in [3.8, 4) is 0 Å². The van der Waals surface area contributed by atoms with Gasteiger partial charge in [-0.2, -0.15) is 0 Å². The van der Waals surface area contributed by atoms with Crippen molar-refractivity contribution in [1.29, 1.82) is 0 Å². The van der Waals surface area contributed by atoms with Gasteiger partial charge in [-0.3, -0.25) is 9.69 Å². The normalized spacial score (nSPS) is 47.3. The molecule has 2 saturated heterocycles. The SMILES string of the molecule is C=CC[N+]1([C@H]2CC3[C@H]4CC[C@H]5C[C@H](O)[C@@H](N6CCOCC6)C[C@]5(C)[C@@H]4CC[C@]3(C)[C@H]2OC(C)=O)CCCC1.[Br-]. The van der Waals surface area contributed by atoms with E-state index >= 15 is 0 Å². The number of hydrogen-bond acceptors (Lipinski definition) is 5. The van der Waals surface area contributed by atoms with E-state index in [1.54, 1.807) is 6.92 Å². The van der Waals surface area contributed by atoms with E-state index in [0.717, 1.165) is 56.6 Å². The van der Waals surface area contributed by atoms with Crippen molar-refractivity contribution in [2.75, 3.05) is 45.9 Å². The third kappa shape index (κ3) is 4.88. The molecule has 0 aromatic carbocycles. The first kappa shape index (κ1) is 30.0. The van der Waals surface area contributed by atoms with Crippen molar-refractivity contribution < 1.29 is 40.8 Å². The van der Waals surface area contributed by atoms with Gasteiger partial charge in [0, 0.05) is 50.7 Å². The number of aliphatic hydroxyl groups excluding tert-OH is 1. The van der Waals surface area contributed by atoms with E-state index < -0.39 is 0 Å². The van der Waals surface area contributed by atoms with Gasteiger partial charge < -0.3 is 36.0 Å². The van der Waals surface area contributed by atoms with Gasteiger partial charge in [0.05, 0.1) is 39.0 Å². The van der Waals surface area contributed by atoms with Crippen LogP contribution in [0.15, 0.2) is 12.7 Å². The fourth-order valence-corrected chi connectivity index (χ4v) is 11.3. The Kier molecular flexibility index (Phi) is 8.70. The van der Waals surface area contributed by atoms with Crippen LogP contribution in [0.4, 0.5) is 0 Å². The zero-order chi connectivity index (χ0) is 26.7. The first-order chi connectivity index (χ1) is 18.2. The van der Waals surface area contributed by atoms with Crippen molar-refractivity contribution in [2.24, 2.45) is 34.5 Å². The Labute approximate surface area is 247 Å². The van der Waals surface area contributed by atoms with Gasteiger partial charge in [0.25, 0.3) is 0 Å². The number of aliphatic hydroxyl groups is 1. The molecule has 7 heteroatoms. The smallest absolute Gasteiger partial charge is 0.303 e. The molecular weight excluding hydrogens is 556 g/mol. The second kappa shape index (κ2) is 11.3. The molecule has 4 saturated carbocycles. The number of morpholine rings is 1. The maximum Gasteiger partial charge on any atom is 0.303 e. The van der Waals surface area contributed by atoms with Crippen LogP contribution in [0.3, 0.4) is 0 Å². The number of carbonyl (C=O) groups is 1. The molecule has 10 atom stereocenters. The number of nitrogens with zero attached hydrogens (tertiary/aromatic N) is 2. The number of ether oxygens (including phenoxy) is 2. The Morgan fingerprint density at radius 1 is 1.10 bits per heavy atom. The highest BCUT2D eigenvalue weighted by molar-refractivity contribution is 5.66. The fraction of sp³-hybridized carbons (Fsp3) is 0.906. The van der Waals surface area contributed by atoms with Crippen LogP contribution in [0.25, 0.3) is 0 Å². The minimum absolute atomic E-state index is 0. The molecule has 6 rings (SSSR count). The molecule has 0 aromatic heterocycles. The number of fused-ring (bicyclic) bond motifs is 5. The van der Waals surface area contributed by atoms with Gasteiger partial charge in [0.2, 0.25) is 0 Å². The van der Waals surface area contributed by atoms with Gasteiger partial charge in [0.15, 0.2) is 6.10 Å². The van der Waals surface area contributed by atoms with Crippen LogP contribution in [-0.2, 0) is 14.3 Å². The van der Waals surface area contributed by atoms with Crippen molar-refractivity contribution in [1.82, 2.24) is 4.90 Å². The number of carbonyl (C=O) groups excluding carboxylic acids is 1. The molecule has 4 aliphatic carbocycles. The fourth-order valence-electron chi connectivity index (χ4n) is 11.3. The quantitative estimate of drug-likeness (QED) is 0.291. The van der Waals surface area contributed by atoms with Crippen LogP contribution >= 0.6 is 0 Å². The highest BCUT2D eigenvalue weighted by Crippen LogP contribution is 2.67. The number of hydrogen-bond donors (Lipinski definition) is 1. The highest BCUT2D eigenvalue weighted by atomic mass is 79.9. The minimum atomic E-state index is -0.209. The summed E-state index contributed by atoms with van der Waals surface area (Å²) < 4.78 is 13.1. The molecule has 222 valence electrons. The predicted octanol–water partition coefficient (Wildman–Crippen LogP) is 1.41. The number of likely N-dealkylation sites (tertiary alicyclic amines) is 1. The molecule has 2 heterocycles. The zero-order valence-corrected chi connectivity index (χ0v) is 26.2. The number of halogens is 1. The van der Waals surface area contributed by atoms with E-state index in [-0.39, 0.29) is 52.0 Å². The van der Waals surface area contributed by atoms with Crippen molar-refractivity contribution in [3.63, 3.8) is 0 Å². The van der Waals surface area contributed by atoms with Gasteiger partial charge in [-0.25, -0.2) is 0 Å². The Morgan fingerprint density at radius 3 is 2.49 bits per heavy atom. The molecule has 2 aliphatic heterocycles. The lowest BCUT2D eigenvalue weighted by Gasteiger charge is -2.62. The summed E-state index contributed by atoms with van der Waals surface area (Å²) in [6.07, 6.45) is 12.7. The monoisotopic (exact) mass is 608 g/mol. The van der Waals surface area contributed by atoms with Crippen molar-refractivity contribution >= 4 is 5.97 Å². The Balaban J connectivity index is 0.00000308. The molecule has 6 aliphatic rings. The summed E-state index contributed by atoms with van der Waals surface area (Å²) in [6.45, 7) is 17.7. The third-order valence-corrected chi connectivity index (χ3v) is 13.1. The van der Waals surface area contributed by atoms with Gasteiger partial charge in [-0.05, 0) is 73.7 Å². The lowest BCUT2D eigenvalue weighted by molar-refractivity contribution is -0.937. The lowest BCUT2D eigenvalue weighted by atomic mass is 9.44. The van der Waals surface area contributed by atoms with Crippen molar-refractivity contribution in [2.45, 2.75) is 103 Å². The van der Waals surface area contributed by atoms with E-state index in [1.807, 2.05) is 0 Å². The summed E-state index contributed by atoms with van der Waals surface area (Å²) in [4.78, 5) is 15.0. The molecular formula is C32H53BrN2O4. The van der Waals surface area contributed by atoms with Gasteiger partial charge in [-0.15, -0.1) is 0 Å². The summed E-state index contributed by atoms with van der Waals surface area (Å²) in [6, 6.07) is 0.663. The summed E-state index contributed by atoms with van der Waals surface area (Å²) in [7, 11) is 0. The Hall–Kier alpha value is -0.470.